The molecule has 0 aliphatic carbocycles. The number of nitrogens with zero attached hydrogens (tertiary/aromatic N) is 4. The summed E-state index contributed by atoms with van der Waals surface area (Å²) in [5.74, 6) is 4.03. The van der Waals surface area contributed by atoms with Gasteiger partial charge in [-0.15, -0.1) is 0 Å². The molecule has 2 heterocycles. The quantitative estimate of drug-likeness (QED) is 0.439. The molecule has 3 rings (SSSR count). The number of piperidine rings is 1. The Bertz CT molecular complexity index is 711. The number of guanidine groups is 1. The van der Waals surface area contributed by atoms with Crippen LogP contribution in [0.1, 0.15) is 31.0 Å². The molecular formula is C19H28N6O2. The van der Waals surface area contributed by atoms with E-state index in [2.05, 4.69) is 30.4 Å². The van der Waals surface area contributed by atoms with Gasteiger partial charge in [0.25, 0.3) is 0 Å². The van der Waals surface area contributed by atoms with Crippen LogP contribution in [0, 0.1) is 0 Å². The minimum atomic E-state index is 0.457. The fourth-order valence-electron chi connectivity index (χ4n) is 3.26. The molecule has 27 heavy (non-hydrogen) atoms. The summed E-state index contributed by atoms with van der Waals surface area (Å²) < 4.78 is 11.0. The van der Waals surface area contributed by atoms with E-state index in [1.54, 1.807) is 13.4 Å². The maximum Gasteiger partial charge on any atom is 0.193 e. The predicted molar refractivity (Wildman–Crippen MR) is 104 cm³/mol. The lowest BCUT2D eigenvalue weighted by Gasteiger charge is -2.33. The zero-order valence-electron chi connectivity index (χ0n) is 16.0. The number of rotatable bonds is 7. The molecule has 0 radical (unpaired) electrons. The molecule has 0 saturated carbocycles. The highest BCUT2D eigenvalue weighted by atomic mass is 16.5. The van der Waals surface area contributed by atoms with Crippen LogP contribution in [0.2, 0.25) is 0 Å². The third-order valence-electron chi connectivity index (χ3n) is 4.74. The van der Waals surface area contributed by atoms with Crippen molar-refractivity contribution in [1.29, 1.82) is 0 Å². The van der Waals surface area contributed by atoms with Gasteiger partial charge in [0.05, 0.1) is 13.7 Å². The van der Waals surface area contributed by atoms with Gasteiger partial charge in [-0.05, 0) is 31.4 Å². The van der Waals surface area contributed by atoms with Gasteiger partial charge in [-0.25, -0.2) is 4.98 Å². The summed E-state index contributed by atoms with van der Waals surface area (Å²) in [5, 5.41) is 10.4. The second-order valence-electron chi connectivity index (χ2n) is 6.49. The predicted octanol–water partition coefficient (Wildman–Crippen LogP) is 2.04. The lowest BCUT2D eigenvalue weighted by molar-refractivity contribution is 0.292. The Morgan fingerprint density at radius 3 is 2.85 bits per heavy atom. The first-order valence-electron chi connectivity index (χ1n) is 9.38. The number of aromatic amines is 1. The number of aromatic nitrogens is 3. The molecule has 0 atom stereocenters. The van der Waals surface area contributed by atoms with Crippen molar-refractivity contribution >= 4 is 5.96 Å². The Labute approximate surface area is 160 Å². The van der Waals surface area contributed by atoms with Gasteiger partial charge in [0.15, 0.2) is 5.96 Å². The molecule has 0 spiro atoms. The number of hydrogen-bond acceptors (Lipinski definition) is 5. The average molecular weight is 372 g/mol. The Hall–Kier alpha value is -2.77. The van der Waals surface area contributed by atoms with Crippen LogP contribution < -0.4 is 14.8 Å². The van der Waals surface area contributed by atoms with Crippen LogP contribution in [0.15, 0.2) is 35.6 Å². The van der Waals surface area contributed by atoms with E-state index in [1.165, 1.54) is 0 Å². The number of benzene rings is 1. The third-order valence-corrected chi connectivity index (χ3v) is 4.74. The highest BCUT2D eigenvalue weighted by Crippen LogP contribution is 2.24. The van der Waals surface area contributed by atoms with Gasteiger partial charge in [-0.2, -0.15) is 5.10 Å². The highest BCUT2D eigenvalue weighted by Gasteiger charge is 2.24. The normalized spacial score (nSPS) is 15.6. The Morgan fingerprint density at radius 1 is 1.33 bits per heavy atom. The lowest BCUT2D eigenvalue weighted by atomic mass is 9.96. The van der Waals surface area contributed by atoms with E-state index in [0.29, 0.717) is 12.5 Å². The second kappa shape index (κ2) is 9.80. The largest absolute Gasteiger partial charge is 0.497 e. The molecule has 1 saturated heterocycles. The molecule has 1 aliphatic rings. The van der Waals surface area contributed by atoms with Crippen molar-refractivity contribution < 1.29 is 9.47 Å². The number of methoxy groups -OCH3 is 1. The summed E-state index contributed by atoms with van der Waals surface area (Å²) in [6.45, 7) is 3.39. The zero-order chi connectivity index (χ0) is 18.9. The minimum absolute atomic E-state index is 0.457. The fourth-order valence-corrected chi connectivity index (χ4v) is 3.26. The summed E-state index contributed by atoms with van der Waals surface area (Å²) in [7, 11) is 3.49. The topological polar surface area (TPSA) is 87.7 Å². The summed E-state index contributed by atoms with van der Waals surface area (Å²) in [5.41, 5.74) is 0. The molecule has 1 aromatic heterocycles. The van der Waals surface area contributed by atoms with Gasteiger partial charge < -0.3 is 19.7 Å². The van der Waals surface area contributed by atoms with E-state index in [9.17, 15) is 0 Å². The van der Waals surface area contributed by atoms with Crippen molar-refractivity contribution in [2.75, 3.05) is 40.4 Å². The Kier molecular flexibility index (Phi) is 6.90. The first-order chi connectivity index (χ1) is 13.3. The van der Waals surface area contributed by atoms with Crippen LogP contribution in [0.4, 0.5) is 0 Å². The minimum Gasteiger partial charge on any atom is -0.497 e. The van der Waals surface area contributed by atoms with E-state index in [0.717, 1.165) is 62.2 Å². The van der Waals surface area contributed by atoms with Gasteiger partial charge >= 0.3 is 0 Å². The molecule has 1 fully saturated rings. The van der Waals surface area contributed by atoms with Crippen LogP contribution in [0.3, 0.4) is 0 Å². The first-order valence-corrected chi connectivity index (χ1v) is 9.38. The molecule has 0 unspecified atom stereocenters. The van der Waals surface area contributed by atoms with E-state index in [-0.39, 0.29) is 0 Å². The van der Waals surface area contributed by atoms with Crippen LogP contribution in [-0.2, 0) is 0 Å². The number of H-pyrrole nitrogens is 1. The Morgan fingerprint density at radius 2 is 2.15 bits per heavy atom. The lowest BCUT2D eigenvalue weighted by Crippen LogP contribution is -2.45. The summed E-state index contributed by atoms with van der Waals surface area (Å²) >= 11 is 0. The van der Waals surface area contributed by atoms with Gasteiger partial charge in [0, 0.05) is 38.7 Å². The number of likely N-dealkylation sites (tertiary alicyclic amines) is 1. The van der Waals surface area contributed by atoms with E-state index in [1.807, 2.05) is 31.3 Å². The molecule has 8 heteroatoms. The zero-order valence-corrected chi connectivity index (χ0v) is 16.0. The maximum atomic E-state index is 5.78. The van der Waals surface area contributed by atoms with Crippen molar-refractivity contribution in [2.45, 2.75) is 25.2 Å². The highest BCUT2D eigenvalue weighted by molar-refractivity contribution is 5.79. The standard InChI is InChI=1S/C19H28N6O2/c1-20-19(25-10-7-15(8-11-25)18-22-14-23-24-18)21-9-4-12-27-17-6-3-5-16(13-17)26-2/h3,5-6,13-15H,4,7-12H2,1-2H3,(H,20,21)(H,22,23,24). The molecule has 146 valence electrons. The number of nitrogens with one attached hydrogen (secondary N) is 2. The number of ether oxygens (including phenoxy) is 2. The smallest absolute Gasteiger partial charge is 0.193 e. The molecule has 0 amide bonds. The molecule has 2 aromatic rings. The van der Waals surface area contributed by atoms with E-state index >= 15 is 0 Å². The molecule has 1 aromatic carbocycles. The van der Waals surface area contributed by atoms with Crippen molar-refractivity contribution in [3.8, 4) is 11.5 Å². The van der Waals surface area contributed by atoms with Gasteiger partial charge in [0.2, 0.25) is 0 Å². The summed E-state index contributed by atoms with van der Waals surface area (Å²) in [6.07, 6.45) is 4.57. The van der Waals surface area contributed by atoms with Gasteiger partial charge in [-0.1, -0.05) is 6.07 Å². The van der Waals surface area contributed by atoms with Gasteiger partial charge in [-0.3, -0.25) is 10.1 Å². The molecule has 8 nitrogen and oxygen atoms in total. The molecular weight excluding hydrogens is 344 g/mol. The maximum absolute atomic E-state index is 5.78. The van der Waals surface area contributed by atoms with Crippen LogP contribution in [-0.4, -0.2) is 66.4 Å². The summed E-state index contributed by atoms with van der Waals surface area (Å²) in [6, 6.07) is 7.67. The molecule has 1 aliphatic heterocycles. The van der Waals surface area contributed by atoms with Crippen molar-refractivity contribution in [3.63, 3.8) is 0 Å². The molecule has 0 bridgehead atoms. The van der Waals surface area contributed by atoms with Crippen molar-refractivity contribution in [3.05, 3.63) is 36.4 Å². The second-order valence-corrected chi connectivity index (χ2v) is 6.49. The summed E-state index contributed by atoms with van der Waals surface area (Å²) in [4.78, 5) is 11.0. The molecule has 2 N–H and O–H groups in total. The van der Waals surface area contributed by atoms with Crippen LogP contribution in [0.25, 0.3) is 0 Å². The third kappa shape index (κ3) is 5.35. The number of aliphatic imine (C=N–C) groups is 1. The first kappa shape index (κ1) is 19.0. The van der Waals surface area contributed by atoms with Crippen molar-refractivity contribution in [2.24, 2.45) is 4.99 Å². The van der Waals surface area contributed by atoms with Gasteiger partial charge in [0.1, 0.15) is 23.7 Å². The monoisotopic (exact) mass is 372 g/mol. The van der Waals surface area contributed by atoms with Crippen molar-refractivity contribution in [1.82, 2.24) is 25.4 Å². The van der Waals surface area contributed by atoms with Crippen LogP contribution in [0.5, 0.6) is 11.5 Å². The SMILES string of the molecule is CN=C(NCCCOc1cccc(OC)c1)N1CCC(c2ncn[nH]2)CC1. The van der Waals surface area contributed by atoms with Crippen LogP contribution >= 0.6 is 0 Å². The van der Waals surface area contributed by atoms with E-state index in [4.69, 9.17) is 9.47 Å². The number of hydrogen-bond donors (Lipinski definition) is 2. The fraction of sp³-hybridized carbons (Fsp3) is 0.526. The average Bonchev–Trinajstić information content (AvgIpc) is 3.26. The van der Waals surface area contributed by atoms with E-state index < -0.39 is 0 Å². The Balaban J connectivity index is 1.36.